The van der Waals surface area contributed by atoms with Crippen molar-refractivity contribution in [3.63, 3.8) is 0 Å². The third kappa shape index (κ3) is 0.689. The molecule has 0 unspecified atom stereocenters. The first-order valence-electron chi connectivity index (χ1n) is 3.68. The fourth-order valence-electron chi connectivity index (χ4n) is 1.48. The average molecular weight is 170 g/mol. The van der Waals surface area contributed by atoms with Gasteiger partial charge >= 0.3 is 12.1 Å². The lowest BCUT2D eigenvalue weighted by Gasteiger charge is -2.15. The highest BCUT2D eigenvalue weighted by Crippen LogP contribution is 2.17. The van der Waals surface area contributed by atoms with Gasteiger partial charge in [-0.15, -0.1) is 0 Å². The number of hydrogen-bond donors (Lipinski definition) is 2. The minimum Gasteiger partial charge on any atom is -0.314 e. The number of carbonyl (C=O) groups is 2. The Hall–Kier alpha value is -1.46. The largest absolute Gasteiger partial charge is 0.320 e. The van der Waals surface area contributed by atoms with Crippen molar-refractivity contribution in [3.8, 4) is 0 Å². The quantitative estimate of drug-likeness (QED) is 0.487. The SMILES string of the molecule is CN1C(=O)N[C@@H]2[C@H]1NC(=O)N2C. The Balaban J connectivity index is 2.24. The van der Waals surface area contributed by atoms with E-state index in [1.165, 1.54) is 9.80 Å². The van der Waals surface area contributed by atoms with Gasteiger partial charge in [-0.05, 0) is 0 Å². The molecule has 4 amide bonds. The Kier molecular flexibility index (Phi) is 1.22. The van der Waals surface area contributed by atoms with Crippen molar-refractivity contribution in [3.05, 3.63) is 0 Å². The van der Waals surface area contributed by atoms with E-state index in [0.717, 1.165) is 0 Å². The maximum Gasteiger partial charge on any atom is 0.320 e. The van der Waals surface area contributed by atoms with Gasteiger partial charge in [0.05, 0.1) is 0 Å². The van der Waals surface area contributed by atoms with E-state index in [9.17, 15) is 9.59 Å². The predicted molar refractivity (Wildman–Crippen MR) is 40.2 cm³/mol. The molecule has 0 aromatic carbocycles. The molecule has 6 heteroatoms. The molecule has 2 rings (SSSR count). The average Bonchev–Trinajstić information content (AvgIpc) is 2.43. The fourth-order valence-corrected chi connectivity index (χ4v) is 1.48. The van der Waals surface area contributed by atoms with Crippen LogP contribution in [0.4, 0.5) is 9.59 Å². The van der Waals surface area contributed by atoms with Gasteiger partial charge in [0.15, 0.2) is 0 Å². The van der Waals surface area contributed by atoms with E-state index >= 15 is 0 Å². The lowest BCUT2D eigenvalue weighted by molar-refractivity contribution is 0.206. The second-order valence-electron chi connectivity index (χ2n) is 3.01. The molecule has 0 aromatic rings. The van der Waals surface area contributed by atoms with Crippen molar-refractivity contribution < 1.29 is 9.59 Å². The van der Waals surface area contributed by atoms with Crippen LogP contribution in [0.2, 0.25) is 0 Å². The van der Waals surface area contributed by atoms with E-state index in [2.05, 4.69) is 10.6 Å². The first kappa shape index (κ1) is 7.20. The number of hydrogen-bond acceptors (Lipinski definition) is 2. The summed E-state index contributed by atoms with van der Waals surface area (Å²) in [7, 11) is 3.30. The van der Waals surface area contributed by atoms with Gasteiger partial charge in [-0.25, -0.2) is 9.59 Å². The summed E-state index contributed by atoms with van der Waals surface area (Å²) >= 11 is 0. The van der Waals surface area contributed by atoms with Crippen LogP contribution in [0.1, 0.15) is 0 Å². The number of carbonyl (C=O) groups excluding carboxylic acids is 2. The van der Waals surface area contributed by atoms with Crippen molar-refractivity contribution in [2.75, 3.05) is 14.1 Å². The second-order valence-corrected chi connectivity index (χ2v) is 3.01. The first-order valence-corrected chi connectivity index (χ1v) is 3.68. The molecule has 0 spiro atoms. The minimum absolute atomic E-state index is 0.156. The van der Waals surface area contributed by atoms with Gasteiger partial charge in [-0.2, -0.15) is 0 Å². The standard InChI is InChI=1S/C6H10N4O2/c1-9-3-4(8-5(9)11)10(2)6(12)7-3/h3-4H,1-2H3,(H,7,12)(H,8,11)/t3-,4-/m0/s1. The van der Waals surface area contributed by atoms with Crippen LogP contribution in [-0.2, 0) is 0 Å². The second kappa shape index (κ2) is 2.02. The predicted octanol–water partition coefficient (Wildman–Crippen LogP) is -1.05. The summed E-state index contributed by atoms with van der Waals surface area (Å²) in [5, 5.41) is 5.35. The van der Waals surface area contributed by atoms with Gasteiger partial charge in [-0.3, -0.25) is 0 Å². The molecule has 2 N–H and O–H groups in total. The van der Waals surface area contributed by atoms with Crippen LogP contribution in [0.15, 0.2) is 0 Å². The minimum atomic E-state index is -0.227. The molecule has 0 aromatic heterocycles. The van der Waals surface area contributed by atoms with Gasteiger partial charge in [0, 0.05) is 14.1 Å². The van der Waals surface area contributed by atoms with E-state index in [1.54, 1.807) is 14.1 Å². The summed E-state index contributed by atoms with van der Waals surface area (Å²) < 4.78 is 0. The highest BCUT2D eigenvalue weighted by Gasteiger charge is 2.47. The Labute approximate surface area is 69.5 Å². The molecule has 6 nitrogen and oxygen atoms in total. The van der Waals surface area contributed by atoms with Crippen LogP contribution in [0.25, 0.3) is 0 Å². The number of likely N-dealkylation sites (N-methyl/N-ethyl adjacent to an activating group) is 2. The number of nitrogens with one attached hydrogen (secondary N) is 2. The van der Waals surface area contributed by atoms with E-state index in [0.29, 0.717) is 0 Å². The Morgan fingerprint density at radius 1 is 1.00 bits per heavy atom. The van der Waals surface area contributed by atoms with E-state index in [-0.39, 0.29) is 24.4 Å². The molecule has 2 heterocycles. The number of urea groups is 2. The molecular weight excluding hydrogens is 160 g/mol. The molecule has 2 fully saturated rings. The lowest BCUT2D eigenvalue weighted by atomic mass is 10.4. The smallest absolute Gasteiger partial charge is 0.314 e. The molecule has 2 atom stereocenters. The summed E-state index contributed by atoms with van der Waals surface area (Å²) in [6.07, 6.45) is -0.454. The maximum atomic E-state index is 11.1. The zero-order valence-corrected chi connectivity index (χ0v) is 6.87. The first-order chi connectivity index (χ1) is 5.61. The third-order valence-corrected chi connectivity index (χ3v) is 2.32. The number of nitrogens with zero attached hydrogens (tertiary/aromatic N) is 2. The van der Waals surface area contributed by atoms with Crippen molar-refractivity contribution in [2.45, 2.75) is 12.3 Å². The molecule has 0 radical (unpaired) electrons. The highest BCUT2D eigenvalue weighted by atomic mass is 16.2. The molecular formula is C6H10N4O2. The molecule has 0 bridgehead atoms. The Morgan fingerprint density at radius 3 is 1.67 bits per heavy atom. The van der Waals surface area contributed by atoms with Gasteiger partial charge in [-0.1, -0.05) is 0 Å². The molecule has 66 valence electrons. The zero-order valence-electron chi connectivity index (χ0n) is 6.87. The number of amides is 4. The van der Waals surface area contributed by atoms with Gasteiger partial charge < -0.3 is 20.4 Å². The molecule has 12 heavy (non-hydrogen) atoms. The fraction of sp³-hybridized carbons (Fsp3) is 0.667. The van der Waals surface area contributed by atoms with Crippen molar-refractivity contribution >= 4 is 12.1 Å². The van der Waals surface area contributed by atoms with Crippen molar-refractivity contribution in [1.29, 1.82) is 0 Å². The van der Waals surface area contributed by atoms with Gasteiger partial charge in [0.2, 0.25) is 0 Å². The molecule has 2 aliphatic rings. The summed E-state index contributed by atoms with van der Waals surface area (Å²) in [6, 6.07) is -0.311. The molecule has 0 saturated carbocycles. The molecule has 2 aliphatic heterocycles. The van der Waals surface area contributed by atoms with Crippen LogP contribution in [0.5, 0.6) is 0 Å². The zero-order chi connectivity index (χ0) is 8.88. The van der Waals surface area contributed by atoms with Gasteiger partial charge in [0.1, 0.15) is 12.3 Å². The summed E-state index contributed by atoms with van der Waals surface area (Å²) in [6.45, 7) is 0. The topological polar surface area (TPSA) is 64.7 Å². The van der Waals surface area contributed by atoms with Crippen molar-refractivity contribution in [2.24, 2.45) is 0 Å². The number of fused-ring (bicyclic) bond motifs is 1. The van der Waals surface area contributed by atoms with Crippen molar-refractivity contribution in [1.82, 2.24) is 20.4 Å². The summed E-state index contributed by atoms with van der Waals surface area (Å²) in [5.74, 6) is 0. The van der Waals surface area contributed by atoms with Crippen LogP contribution < -0.4 is 10.6 Å². The Bertz CT molecular complexity index is 228. The molecule has 2 saturated heterocycles. The van der Waals surface area contributed by atoms with E-state index in [4.69, 9.17) is 0 Å². The lowest BCUT2D eigenvalue weighted by Crippen LogP contribution is -2.41. The molecule has 0 aliphatic carbocycles. The summed E-state index contributed by atoms with van der Waals surface area (Å²) in [5.41, 5.74) is 0. The van der Waals surface area contributed by atoms with Crippen LogP contribution in [0.3, 0.4) is 0 Å². The van der Waals surface area contributed by atoms with Crippen LogP contribution >= 0.6 is 0 Å². The highest BCUT2D eigenvalue weighted by molar-refractivity contribution is 5.84. The van der Waals surface area contributed by atoms with E-state index < -0.39 is 0 Å². The number of rotatable bonds is 0. The monoisotopic (exact) mass is 170 g/mol. The summed E-state index contributed by atoms with van der Waals surface area (Å²) in [4.78, 5) is 25.1. The third-order valence-electron chi connectivity index (χ3n) is 2.32. The van der Waals surface area contributed by atoms with Crippen LogP contribution in [0, 0.1) is 0 Å². The normalized spacial score (nSPS) is 33.5. The van der Waals surface area contributed by atoms with E-state index in [1.807, 2.05) is 0 Å². The Morgan fingerprint density at radius 2 is 1.33 bits per heavy atom. The maximum absolute atomic E-state index is 11.1. The van der Waals surface area contributed by atoms with Gasteiger partial charge in [0.25, 0.3) is 0 Å². The van der Waals surface area contributed by atoms with Crippen LogP contribution in [-0.4, -0.2) is 48.3 Å².